The Kier molecular flexibility index (Phi) is 3.32. The molecule has 5 nitrogen and oxygen atoms in total. The summed E-state index contributed by atoms with van der Waals surface area (Å²) in [5, 5.41) is 0.788. The summed E-state index contributed by atoms with van der Waals surface area (Å²) in [6.45, 7) is 0. The first-order valence-corrected chi connectivity index (χ1v) is 5.44. The number of rotatable bonds is 3. The minimum absolute atomic E-state index is 0.122. The normalized spacial score (nSPS) is 11.1. The van der Waals surface area contributed by atoms with Crippen molar-refractivity contribution >= 4 is 29.0 Å². The van der Waals surface area contributed by atoms with Gasteiger partial charge in [0.1, 0.15) is 11.3 Å². The van der Waals surface area contributed by atoms with E-state index in [1.54, 1.807) is 17.3 Å². The van der Waals surface area contributed by atoms with Crippen molar-refractivity contribution in [2.24, 2.45) is 4.99 Å². The molecule has 0 N–H and O–H groups in total. The quantitative estimate of drug-likeness (QED) is 0.474. The lowest BCUT2D eigenvalue weighted by Gasteiger charge is -2.02. The van der Waals surface area contributed by atoms with Gasteiger partial charge in [-0.1, -0.05) is 12.1 Å². The number of esters is 1. The number of hydrogen-bond donors (Lipinski definition) is 0. The molecule has 0 unspecified atom stereocenters. The van der Waals surface area contributed by atoms with Crippen molar-refractivity contribution in [1.82, 2.24) is 4.90 Å². The first-order chi connectivity index (χ1) is 8.63. The van der Waals surface area contributed by atoms with Gasteiger partial charge in [0.25, 0.3) is 0 Å². The van der Waals surface area contributed by atoms with Gasteiger partial charge in [0.15, 0.2) is 0 Å². The molecule has 0 fully saturated rings. The van der Waals surface area contributed by atoms with E-state index in [-0.39, 0.29) is 5.76 Å². The van der Waals surface area contributed by atoms with Crippen molar-refractivity contribution in [3.63, 3.8) is 0 Å². The fourth-order valence-corrected chi connectivity index (χ4v) is 1.56. The summed E-state index contributed by atoms with van der Waals surface area (Å²) in [5.41, 5.74) is 1.11. The smallest absolute Gasteiger partial charge is 0.376 e. The van der Waals surface area contributed by atoms with E-state index in [9.17, 15) is 4.79 Å². The molecule has 2 rings (SSSR count). The molecule has 0 radical (unpaired) electrons. The summed E-state index contributed by atoms with van der Waals surface area (Å²) in [6, 6.07) is 7.35. The molecule has 0 amide bonds. The zero-order valence-corrected chi connectivity index (χ0v) is 10.5. The lowest BCUT2D eigenvalue weighted by Crippen LogP contribution is -2.07. The number of hydrogen-bond acceptors (Lipinski definition) is 4. The van der Waals surface area contributed by atoms with Gasteiger partial charge < -0.3 is 14.1 Å². The third-order valence-corrected chi connectivity index (χ3v) is 2.36. The van der Waals surface area contributed by atoms with E-state index in [0.717, 1.165) is 5.39 Å². The molecule has 0 saturated carbocycles. The zero-order valence-electron chi connectivity index (χ0n) is 10.5. The summed E-state index contributed by atoms with van der Waals surface area (Å²) < 4.78 is 10.2. The molecule has 0 bridgehead atoms. The molecule has 0 spiro atoms. The van der Waals surface area contributed by atoms with Gasteiger partial charge in [0.05, 0.1) is 13.4 Å². The largest absolute Gasteiger partial charge is 0.463 e. The van der Waals surface area contributed by atoms with Crippen LogP contribution in [0.5, 0.6) is 0 Å². The lowest BCUT2D eigenvalue weighted by atomic mass is 10.2. The molecule has 5 heteroatoms. The maximum absolute atomic E-state index is 11.6. The molecule has 0 atom stereocenters. The standard InChI is InChI=1S/C13H14N2O3/c1-15(2)8-14-11-9-6-4-5-7-10(9)18-12(11)13(16)17-3/h4-8H,1-3H3. The van der Waals surface area contributed by atoms with E-state index in [2.05, 4.69) is 4.99 Å². The summed E-state index contributed by atoms with van der Waals surface area (Å²) in [7, 11) is 5.02. The number of para-hydroxylation sites is 1. The predicted molar refractivity (Wildman–Crippen MR) is 69.4 cm³/mol. The first-order valence-electron chi connectivity index (χ1n) is 5.44. The number of carbonyl (C=O) groups excluding carboxylic acids is 1. The monoisotopic (exact) mass is 246 g/mol. The molecule has 1 aromatic carbocycles. The van der Waals surface area contributed by atoms with Crippen LogP contribution in [-0.4, -0.2) is 38.4 Å². The average molecular weight is 246 g/mol. The molecule has 0 aliphatic rings. The SMILES string of the molecule is COC(=O)c1oc2ccccc2c1N=CN(C)C. The van der Waals surface area contributed by atoms with Crippen molar-refractivity contribution in [3.05, 3.63) is 30.0 Å². The summed E-state index contributed by atoms with van der Waals surface area (Å²) >= 11 is 0. The number of nitrogens with zero attached hydrogens (tertiary/aromatic N) is 2. The van der Waals surface area contributed by atoms with Crippen LogP contribution >= 0.6 is 0 Å². The van der Waals surface area contributed by atoms with Crippen LogP contribution in [0.3, 0.4) is 0 Å². The van der Waals surface area contributed by atoms with Crippen molar-refractivity contribution in [2.45, 2.75) is 0 Å². The van der Waals surface area contributed by atoms with E-state index < -0.39 is 5.97 Å². The van der Waals surface area contributed by atoms with E-state index in [1.807, 2.05) is 32.3 Å². The molecule has 0 aliphatic heterocycles. The van der Waals surface area contributed by atoms with Crippen molar-refractivity contribution in [2.75, 3.05) is 21.2 Å². The van der Waals surface area contributed by atoms with Gasteiger partial charge in [-0.05, 0) is 12.1 Å². The van der Waals surface area contributed by atoms with Gasteiger partial charge in [-0.15, -0.1) is 0 Å². The molecule has 94 valence electrons. The number of furan rings is 1. The maximum atomic E-state index is 11.6. The maximum Gasteiger partial charge on any atom is 0.376 e. The zero-order chi connectivity index (χ0) is 13.1. The first kappa shape index (κ1) is 12.2. The van der Waals surface area contributed by atoms with Crippen LogP contribution in [0.2, 0.25) is 0 Å². The molecule has 2 aromatic rings. The molecular weight excluding hydrogens is 232 g/mol. The Morgan fingerprint density at radius 2 is 2.11 bits per heavy atom. The lowest BCUT2D eigenvalue weighted by molar-refractivity contribution is 0.0569. The van der Waals surface area contributed by atoms with Crippen LogP contribution in [0.4, 0.5) is 5.69 Å². The highest BCUT2D eigenvalue weighted by molar-refractivity contribution is 6.03. The van der Waals surface area contributed by atoms with E-state index in [4.69, 9.17) is 9.15 Å². The van der Waals surface area contributed by atoms with Gasteiger partial charge in [0, 0.05) is 19.5 Å². The number of aliphatic imine (C=N–C) groups is 1. The molecular formula is C13H14N2O3. The highest BCUT2D eigenvalue weighted by Gasteiger charge is 2.20. The summed E-state index contributed by atoms with van der Waals surface area (Å²) in [5.74, 6) is -0.408. The summed E-state index contributed by atoms with van der Waals surface area (Å²) in [4.78, 5) is 17.7. The second-order valence-electron chi connectivity index (χ2n) is 3.98. The van der Waals surface area contributed by atoms with Crippen molar-refractivity contribution in [1.29, 1.82) is 0 Å². The van der Waals surface area contributed by atoms with Gasteiger partial charge in [-0.3, -0.25) is 0 Å². The van der Waals surface area contributed by atoms with Crippen molar-refractivity contribution in [3.8, 4) is 0 Å². The second kappa shape index (κ2) is 4.91. The third-order valence-electron chi connectivity index (χ3n) is 2.36. The Balaban J connectivity index is 2.61. The van der Waals surface area contributed by atoms with Crippen LogP contribution in [0.1, 0.15) is 10.6 Å². The van der Waals surface area contributed by atoms with Crippen LogP contribution < -0.4 is 0 Å². The van der Waals surface area contributed by atoms with E-state index in [1.165, 1.54) is 7.11 Å². The fourth-order valence-electron chi connectivity index (χ4n) is 1.56. The summed E-state index contributed by atoms with van der Waals surface area (Å²) in [6.07, 6.45) is 1.61. The Bertz CT molecular complexity index is 599. The Morgan fingerprint density at radius 1 is 1.39 bits per heavy atom. The number of ether oxygens (including phenoxy) is 1. The highest BCUT2D eigenvalue weighted by atomic mass is 16.5. The third kappa shape index (κ3) is 2.20. The van der Waals surface area contributed by atoms with Crippen LogP contribution in [0, 0.1) is 0 Å². The van der Waals surface area contributed by atoms with Gasteiger partial charge in [-0.25, -0.2) is 9.79 Å². The Labute approximate surface area is 105 Å². The topological polar surface area (TPSA) is 55.0 Å². The van der Waals surface area contributed by atoms with Crippen molar-refractivity contribution < 1.29 is 13.9 Å². The van der Waals surface area contributed by atoms with E-state index in [0.29, 0.717) is 11.3 Å². The van der Waals surface area contributed by atoms with Crippen LogP contribution in [0.15, 0.2) is 33.7 Å². The number of fused-ring (bicyclic) bond motifs is 1. The highest BCUT2D eigenvalue weighted by Crippen LogP contribution is 2.33. The minimum atomic E-state index is -0.530. The molecule has 1 heterocycles. The minimum Gasteiger partial charge on any atom is -0.463 e. The molecule has 0 aliphatic carbocycles. The Morgan fingerprint density at radius 3 is 2.78 bits per heavy atom. The Hall–Kier alpha value is -2.30. The van der Waals surface area contributed by atoms with Crippen LogP contribution in [-0.2, 0) is 4.74 Å². The number of benzene rings is 1. The average Bonchev–Trinajstić information content (AvgIpc) is 2.74. The second-order valence-corrected chi connectivity index (χ2v) is 3.98. The molecule has 1 aromatic heterocycles. The predicted octanol–water partition coefficient (Wildman–Crippen LogP) is 2.44. The van der Waals surface area contributed by atoms with Gasteiger partial charge >= 0.3 is 5.97 Å². The number of carbonyl (C=O) groups is 1. The molecule has 18 heavy (non-hydrogen) atoms. The van der Waals surface area contributed by atoms with E-state index >= 15 is 0 Å². The fraction of sp³-hybridized carbons (Fsp3) is 0.231. The van der Waals surface area contributed by atoms with Crippen LogP contribution in [0.25, 0.3) is 11.0 Å². The van der Waals surface area contributed by atoms with Gasteiger partial charge in [0.2, 0.25) is 5.76 Å². The molecule has 0 saturated heterocycles. The van der Waals surface area contributed by atoms with Gasteiger partial charge in [-0.2, -0.15) is 0 Å². The number of methoxy groups -OCH3 is 1.